The molecule has 1 aromatic heterocycles. The van der Waals surface area contributed by atoms with E-state index in [0.29, 0.717) is 6.54 Å². The Morgan fingerprint density at radius 3 is 2.71 bits per heavy atom. The minimum atomic E-state index is -0.375. The molecule has 1 saturated heterocycles. The first-order valence-electron chi connectivity index (χ1n) is 7.78. The smallest absolute Gasteiger partial charge is 0.245 e. The van der Waals surface area contributed by atoms with E-state index < -0.39 is 0 Å². The molecule has 6 heteroatoms. The molecular weight excluding hydrogens is 322 g/mol. The van der Waals surface area contributed by atoms with Gasteiger partial charge in [-0.1, -0.05) is 17.7 Å². The van der Waals surface area contributed by atoms with Gasteiger partial charge in [-0.25, -0.2) is 5.43 Å². The lowest BCUT2D eigenvalue weighted by Crippen LogP contribution is -2.30. The van der Waals surface area contributed by atoms with Gasteiger partial charge in [0.05, 0.1) is 12.1 Å². The van der Waals surface area contributed by atoms with Crippen LogP contribution in [-0.4, -0.2) is 24.6 Å². The Bertz CT molecular complexity index is 780. The van der Waals surface area contributed by atoms with Crippen molar-refractivity contribution in [3.63, 3.8) is 0 Å². The Morgan fingerprint density at radius 2 is 2.04 bits per heavy atom. The van der Waals surface area contributed by atoms with E-state index in [-0.39, 0.29) is 24.2 Å². The molecule has 2 heterocycles. The van der Waals surface area contributed by atoms with E-state index in [4.69, 9.17) is 0 Å². The number of nitrogens with zero attached hydrogens (tertiary/aromatic N) is 2. The standard InChI is InChI=1S/C18H19N3O2S/c1-12-3-5-15(6-4-12)21-11-14(9-17(21)22)18(23)20-19-10-16-13(2)7-8-24-16/h3-8,10,14H,9,11H2,1-2H3,(H,20,23)/b19-10-/t14-/m0/s1. The molecule has 0 unspecified atom stereocenters. The van der Waals surface area contributed by atoms with Crippen LogP contribution in [0.3, 0.4) is 0 Å². The minimum Gasteiger partial charge on any atom is -0.312 e. The Balaban J connectivity index is 1.60. The van der Waals surface area contributed by atoms with Crippen LogP contribution in [0.2, 0.25) is 0 Å². The molecule has 0 bridgehead atoms. The number of anilines is 1. The highest BCUT2D eigenvalue weighted by Gasteiger charge is 2.35. The number of nitrogens with one attached hydrogen (secondary N) is 1. The number of rotatable bonds is 4. The van der Waals surface area contributed by atoms with Crippen molar-refractivity contribution in [2.45, 2.75) is 20.3 Å². The largest absolute Gasteiger partial charge is 0.312 e. The quantitative estimate of drug-likeness (QED) is 0.686. The van der Waals surface area contributed by atoms with Crippen LogP contribution in [0.5, 0.6) is 0 Å². The van der Waals surface area contributed by atoms with Crippen molar-refractivity contribution in [2.75, 3.05) is 11.4 Å². The number of amides is 2. The zero-order valence-corrected chi connectivity index (χ0v) is 14.5. The fraction of sp³-hybridized carbons (Fsp3) is 0.278. The first kappa shape index (κ1) is 16.4. The fourth-order valence-corrected chi connectivity index (χ4v) is 3.41. The van der Waals surface area contributed by atoms with Crippen LogP contribution >= 0.6 is 11.3 Å². The van der Waals surface area contributed by atoms with Gasteiger partial charge >= 0.3 is 0 Å². The van der Waals surface area contributed by atoms with Gasteiger partial charge in [-0.2, -0.15) is 5.10 Å². The second-order valence-corrected chi connectivity index (χ2v) is 6.89. The number of hydrazone groups is 1. The summed E-state index contributed by atoms with van der Waals surface area (Å²) < 4.78 is 0. The average Bonchev–Trinajstić information content (AvgIpc) is 3.14. The van der Waals surface area contributed by atoms with Gasteiger partial charge in [0.25, 0.3) is 0 Å². The lowest BCUT2D eigenvalue weighted by Gasteiger charge is -2.16. The van der Waals surface area contributed by atoms with E-state index in [9.17, 15) is 9.59 Å². The predicted octanol–water partition coefficient (Wildman–Crippen LogP) is 2.87. The molecule has 1 N–H and O–H groups in total. The maximum absolute atomic E-state index is 12.2. The molecular formula is C18H19N3O2S. The van der Waals surface area contributed by atoms with Crippen LogP contribution in [0.15, 0.2) is 40.8 Å². The first-order valence-corrected chi connectivity index (χ1v) is 8.66. The maximum Gasteiger partial charge on any atom is 0.245 e. The molecule has 1 aromatic carbocycles. The third-order valence-corrected chi connectivity index (χ3v) is 5.05. The summed E-state index contributed by atoms with van der Waals surface area (Å²) in [4.78, 5) is 27.1. The van der Waals surface area contributed by atoms with Gasteiger partial charge in [0.15, 0.2) is 0 Å². The summed E-state index contributed by atoms with van der Waals surface area (Å²) in [6.45, 7) is 4.38. The summed E-state index contributed by atoms with van der Waals surface area (Å²) in [5.41, 5.74) is 5.64. The highest BCUT2D eigenvalue weighted by molar-refractivity contribution is 7.11. The molecule has 0 saturated carbocycles. The van der Waals surface area contributed by atoms with Crippen LogP contribution in [0, 0.1) is 19.8 Å². The highest BCUT2D eigenvalue weighted by atomic mass is 32.1. The number of benzene rings is 1. The van der Waals surface area contributed by atoms with Crippen molar-refractivity contribution in [3.8, 4) is 0 Å². The van der Waals surface area contributed by atoms with Crippen molar-refractivity contribution in [3.05, 3.63) is 51.7 Å². The van der Waals surface area contributed by atoms with Gasteiger partial charge in [-0.15, -0.1) is 11.3 Å². The second-order valence-electron chi connectivity index (χ2n) is 5.94. The van der Waals surface area contributed by atoms with E-state index in [2.05, 4.69) is 10.5 Å². The molecule has 2 aromatic rings. The summed E-state index contributed by atoms with van der Waals surface area (Å²) in [5, 5.41) is 5.99. The van der Waals surface area contributed by atoms with Crippen LogP contribution in [0.4, 0.5) is 5.69 Å². The van der Waals surface area contributed by atoms with Crippen LogP contribution < -0.4 is 10.3 Å². The highest BCUT2D eigenvalue weighted by Crippen LogP contribution is 2.25. The minimum absolute atomic E-state index is 0.0305. The van der Waals surface area contributed by atoms with Crippen molar-refractivity contribution < 1.29 is 9.59 Å². The average molecular weight is 341 g/mol. The van der Waals surface area contributed by atoms with Crippen LogP contribution in [-0.2, 0) is 9.59 Å². The van der Waals surface area contributed by atoms with Crippen molar-refractivity contribution in [1.82, 2.24) is 5.43 Å². The summed E-state index contributed by atoms with van der Waals surface area (Å²) in [5.74, 6) is -0.624. The van der Waals surface area contributed by atoms with Crippen LogP contribution in [0.1, 0.15) is 22.4 Å². The molecule has 1 fully saturated rings. The fourth-order valence-electron chi connectivity index (χ4n) is 2.62. The molecule has 1 aliphatic rings. The van der Waals surface area contributed by atoms with E-state index >= 15 is 0 Å². The molecule has 0 aliphatic carbocycles. The Kier molecular flexibility index (Phi) is 4.76. The van der Waals surface area contributed by atoms with Gasteiger partial charge in [-0.05, 0) is 43.0 Å². The van der Waals surface area contributed by atoms with E-state index in [0.717, 1.165) is 21.7 Å². The van der Waals surface area contributed by atoms with Gasteiger partial charge in [0, 0.05) is 23.5 Å². The topological polar surface area (TPSA) is 61.8 Å². The molecule has 1 aliphatic heterocycles. The maximum atomic E-state index is 12.2. The molecule has 2 amide bonds. The van der Waals surface area contributed by atoms with Gasteiger partial charge < -0.3 is 4.90 Å². The molecule has 0 radical (unpaired) electrons. The van der Waals surface area contributed by atoms with Crippen molar-refractivity contribution in [2.24, 2.45) is 11.0 Å². The van der Waals surface area contributed by atoms with Crippen molar-refractivity contribution in [1.29, 1.82) is 0 Å². The molecule has 1 atom stereocenters. The lowest BCUT2D eigenvalue weighted by atomic mass is 10.1. The third kappa shape index (κ3) is 3.54. The third-order valence-electron chi connectivity index (χ3n) is 4.10. The van der Waals surface area contributed by atoms with Gasteiger partial charge in [0.2, 0.25) is 11.8 Å². The number of hydrogen-bond donors (Lipinski definition) is 1. The summed E-state index contributed by atoms with van der Waals surface area (Å²) in [6, 6.07) is 9.74. The lowest BCUT2D eigenvalue weighted by molar-refractivity contribution is -0.126. The second kappa shape index (κ2) is 6.97. The van der Waals surface area contributed by atoms with Gasteiger partial charge in [0.1, 0.15) is 0 Å². The first-order chi connectivity index (χ1) is 11.5. The zero-order valence-electron chi connectivity index (χ0n) is 13.7. The number of aryl methyl sites for hydroxylation is 2. The SMILES string of the molecule is Cc1ccc(N2C[C@@H](C(=O)N/N=C\c3sccc3C)CC2=O)cc1. The van der Waals surface area contributed by atoms with Gasteiger partial charge in [-0.3, -0.25) is 9.59 Å². The zero-order chi connectivity index (χ0) is 17.1. The summed E-state index contributed by atoms with van der Waals surface area (Å²) in [7, 11) is 0. The van der Waals surface area contributed by atoms with E-state index in [1.807, 2.05) is 49.6 Å². The number of carbonyl (C=O) groups excluding carboxylic acids is 2. The predicted molar refractivity (Wildman–Crippen MR) is 96.4 cm³/mol. The molecule has 3 rings (SSSR count). The number of hydrogen-bond acceptors (Lipinski definition) is 4. The number of thiophene rings is 1. The monoisotopic (exact) mass is 341 g/mol. The molecule has 124 valence electrons. The Hall–Kier alpha value is -2.47. The Morgan fingerprint density at radius 1 is 1.29 bits per heavy atom. The number of carbonyl (C=O) groups is 2. The van der Waals surface area contributed by atoms with E-state index in [1.165, 1.54) is 0 Å². The molecule has 0 spiro atoms. The normalized spacial score (nSPS) is 17.7. The molecule has 5 nitrogen and oxygen atoms in total. The van der Waals surface area contributed by atoms with E-state index in [1.54, 1.807) is 22.5 Å². The van der Waals surface area contributed by atoms with Crippen molar-refractivity contribution >= 4 is 35.1 Å². The molecule has 24 heavy (non-hydrogen) atoms. The van der Waals surface area contributed by atoms with Crippen LogP contribution in [0.25, 0.3) is 0 Å². The summed E-state index contributed by atoms with van der Waals surface area (Å²) >= 11 is 1.57. The summed E-state index contributed by atoms with van der Waals surface area (Å²) in [6.07, 6.45) is 1.86. The Labute approximate surface area is 145 Å².